The number of fused-ring (bicyclic) bond motifs is 1. The van der Waals surface area contributed by atoms with Crippen LogP contribution in [0.15, 0.2) is 77.8 Å². The van der Waals surface area contributed by atoms with Crippen molar-refractivity contribution in [3.05, 3.63) is 93.8 Å². The van der Waals surface area contributed by atoms with Crippen LogP contribution in [-0.4, -0.2) is 18.0 Å². The van der Waals surface area contributed by atoms with Crippen LogP contribution in [0.2, 0.25) is 5.02 Å². The van der Waals surface area contributed by atoms with Gasteiger partial charge < -0.3 is 4.74 Å². The second kappa shape index (κ2) is 8.61. The van der Waals surface area contributed by atoms with E-state index in [1.165, 1.54) is 18.3 Å². The Labute approximate surface area is 182 Å². The van der Waals surface area contributed by atoms with Crippen molar-refractivity contribution < 1.29 is 14.3 Å². The lowest BCUT2D eigenvalue weighted by atomic mass is 10.1. The van der Waals surface area contributed by atoms with E-state index in [4.69, 9.17) is 16.3 Å². The van der Waals surface area contributed by atoms with Crippen LogP contribution >= 0.6 is 22.9 Å². The molecule has 0 bridgehead atoms. The van der Waals surface area contributed by atoms with E-state index in [9.17, 15) is 9.59 Å². The number of esters is 1. The van der Waals surface area contributed by atoms with Crippen LogP contribution in [0.1, 0.15) is 32.5 Å². The first-order valence-electron chi connectivity index (χ1n) is 9.15. The van der Waals surface area contributed by atoms with E-state index < -0.39 is 5.97 Å². The first-order valence-corrected chi connectivity index (χ1v) is 10.3. The summed E-state index contributed by atoms with van der Waals surface area (Å²) >= 11 is 7.67. The molecule has 0 saturated heterocycles. The van der Waals surface area contributed by atoms with Crippen LogP contribution in [0.4, 0.5) is 5.69 Å². The maximum absolute atomic E-state index is 12.6. The van der Waals surface area contributed by atoms with Crippen molar-refractivity contribution in [2.75, 3.05) is 0 Å². The topological polar surface area (TPSA) is 55.7 Å². The normalized spacial score (nSPS) is 11.1. The second-order valence-corrected chi connectivity index (χ2v) is 7.99. The predicted molar refractivity (Wildman–Crippen MR) is 122 cm³/mol. The Hall–Kier alpha value is -3.28. The molecule has 0 amide bonds. The summed E-state index contributed by atoms with van der Waals surface area (Å²) in [5, 5.41) is 1.25. The fraction of sp³-hybridized carbons (Fsp3) is 0.0417. The molecule has 0 N–H and O–H groups in total. The number of aliphatic imine (C=N–C) groups is 1. The highest BCUT2D eigenvalue weighted by molar-refractivity contribution is 7.21. The average Bonchev–Trinajstić information content (AvgIpc) is 3.10. The molecule has 0 atom stereocenters. The molecule has 4 nitrogen and oxygen atoms in total. The number of thiophene rings is 1. The third kappa shape index (κ3) is 4.32. The van der Waals surface area contributed by atoms with E-state index in [1.807, 2.05) is 30.3 Å². The third-order valence-electron chi connectivity index (χ3n) is 4.43. The number of ketones is 1. The van der Waals surface area contributed by atoms with Gasteiger partial charge in [-0.15, -0.1) is 11.3 Å². The number of ether oxygens (including phenoxy) is 1. The van der Waals surface area contributed by atoms with Crippen molar-refractivity contribution in [3.8, 4) is 5.75 Å². The van der Waals surface area contributed by atoms with Gasteiger partial charge in [0.15, 0.2) is 5.78 Å². The van der Waals surface area contributed by atoms with Crippen molar-refractivity contribution >= 4 is 56.7 Å². The summed E-state index contributed by atoms with van der Waals surface area (Å²) in [5.74, 6) is -0.0710. The van der Waals surface area contributed by atoms with Crippen LogP contribution in [0.3, 0.4) is 0 Å². The maximum atomic E-state index is 12.6. The number of hydrogen-bond donors (Lipinski definition) is 0. The van der Waals surface area contributed by atoms with Gasteiger partial charge in [0.25, 0.3) is 0 Å². The van der Waals surface area contributed by atoms with E-state index in [0.29, 0.717) is 21.2 Å². The summed E-state index contributed by atoms with van der Waals surface area (Å²) in [4.78, 5) is 28.8. The molecule has 148 valence electrons. The summed E-state index contributed by atoms with van der Waals surface area (Å²) in [6, 6.07) is 21.7. The molecule has 1 heterocycles. The maximum Gasteiger partial charge on any atom is 0.355 e. The molecule has 3 aromatic carbocycles. The molecule has 0 aliphatic heterocycles. The number of Topliss-reactive ketones (excluding diaryl/α,β-unsaturated/α-hetero) is 1. The number of halogens is 1. The lowest BCUT2D eigenvalue weighted by Gasteiger charge is -2.04. The van der Waals surface area contributed by atoms with E-state index in [0.717, 1.165) is 21.3 Å². The summed E-state index contributed by atoms with van der Waals surface area (Å²) in [6.07, 6.45) is 1.67. The van der Waals surface area contributed by atoms with Gasteiger partial charge in [0.05, 0.1) is 10.7 Å². The minimum atomic E-state index is -0.491. The van der Waals surface area contributed by atoms with E-state index in [2.05, 4.69) is 4.99 Å². The average molecular weight is 434 g/mol. The number of nitrogens with zero attached hydrogens (tertiary/aromatic N) is 1. The predicted octanol–water partition coefficient (Wildman–Crippen LogP) is 6.73. The largest absolute Gasteiger partial charge is 0.422 e. The highest BCUT2D eigenvalue weighted by Crippen LogP contribution is 2.35. The number of rotatable bonds is 5. The smallest absolute Gasteiger partial charge is 0.355 e. The van der Waals surface area contributed by atoms with Gasteiger partial charge in [-0.2, -0.15) is 0 Å². The molecule has 4 aromatic rings. The molecule has 4 rings (SSSR count). The highest BCUT2D eigenvalue weighted by atomic mass is 35.5. The standard InChI is InChI=1S/C24H16ClNO3S/c1-15(27)17-9-11-18(12-10-17)26-14-16-5-4-6-19(13-16)29-24(28)23-22(25)20-7-2-3-8-21(20)30-23/h2-14H,1H3. The molecule has 30 heavy (non-hydrogen) atoms. The van der Waals surface area contributed by atoms with Gasteiger partial charge in [-0.1, -0.05) is 41.9 Å². The van der Waals surface area contributed by atoms with E-state index in [-0.39, 0.29) is 5.78 Å². The fourth-order valence-corrected chi connectivity index (χ4v) is 4.27. The van der Waals surface area contributed by atoms with Crippen LogP contribution < -0.4 is 4.74 Å². The van der Waals surface area contributed by atoms with Crippen LogP contribution in [-0.2, 0) is 0 Å². The van der Waals surface area contributed by atoms with Gasteiger partial charge in [0.1, 0.15) is 10.6 Å². The Balaban J connectivity index is 1.50. The Morgan fingerprint density at radius 2 is 1.77 bits per heavy atom. The minimum Gasteiger partial charge on any atom is -0.422 e. The fourth-order valence-electron chi connectivity index (χ4n) is 2.89. The number of carbonyl (C=O) groups excluding carboxylic acids is 2. The second-order valence-electron chi connectivity index (χ2n) is 6.56. The van der Waals surface area contributed by atoms with Gasteiger partial charge >= 0.3 is 5.97 Å². The summed E-state index contributed by atoms with van der Waals surface area (Å²) in [5.41, 5.74) is 2.14. The quantitative estimate of drug-likeness (QED) is 0.152. The lowest BCUT2D eigenvalue weighted by molar-refractivity contribution is 0.0740. The monoisotopic (exact) mass is 433 g/mol. The lowest BCUT2D eigenvalue weighted by Crippen LogP contribution is -2.07. The summed E-state index contributed by atoms with van der Waals surface area (Å²) in [6.45, 7) is 1.52. The van der Waals surface area contributed by atoms with Crippen molar-refractivity contribution in [2.24, 2.45) is 4.99 Å². The first kappa shape index (κ1) is 20.0. The summed E-state index contributed by atoms with van der Waals surface area (Å²) < 4.78 is 6.47. The van der Waals surface area contributed by atoms with Gasteiger partial charge in [-0.3, -0.25) is 9.79 Å². The van der Waals surface area contributed by atoms with Crippen molar-refractivity contribution in [3.63, 3.8) is 0 Å². The molecule has 0 aliphatic rings. The first-order chi connectivity index (χ1) is 14.5. The Kier molecular flexibility index (Phi) is 5.74. The van der Waals surface area contributed by atoms with Gasteiger partial charge in [0, 0.05) is 21.9 Å². The SMILES string of the molecule is CC(=O)c1ccc(N=Cc2cccc(OC(=O)c3sc4ccccc4c3Cl)c2)cc1. The minimum absolute atomic E-state index is 0.0128. The van der Waals surface area contributed by atoms with E-state index >= 15 is 0 Å². The molecule has 1 aromatic heterocycles. The van der Waals surface area contributed by atoms with Crippen LogP contribution in [0.25, 0.3) is 10.1 Å². The zero-order chi connectivity index (χ0) is 21.1. The molecule has 0 saturated carbocycles. The summed E-state index contributed by atoms with van der Waals surface area (Å²) in [7, 11) is 0. The highest BCUT2D eigenvalue weighted by Gasteiger charge is 2.19. The van der Waals surface area contributed by atoms with Gasteiger partial charge in [-0.25, -0.2) is 4.79 Å². The number of hydrogen-bond acceptors (Lipinski definition) is 5. The molecule has 0 aliphatic carbocycles. The molecule has 0 unspecified atom stereocenters. The van der Waals surface area contributed by atoms with E-state index in [1.54, 1.807) is 48.7 Å². The Bertz CT molecular complexity index is 1280. The van der Waals surface area contributed by atoms with Gasteiger partial charge in [-0.05, 0) is 55.0 Å². The van der Waals surface area contributed by atoms with Crippen molar-refractivity contribution in [1.29, 1.82) is 0 Å². The van der Waals surface area contributed by atoms with Gasteiger partial charge in [0.2, 0.25) is 0 Å². The Morgan fingerprint density at radius 1 is 1.00 bits per heavy atom. The molecular formula is C24H16ClNO3S. The van der Waals surface area contributed by atoms with Crippen LogP contribution in [0.5, 0.6) is 5.75 Å². The van der Waals surface area contributed by atoms with Crippen molar-refractivity contribution in [1.82, 2.24) is 0 Å². The van der Waals surface area contributed by atoms with Crippen LogP contribution in [0, 0.1) is 0 Å². The molecule has 0 radical (unpaired) electrons. The number of carbonyl (C=O) groups is 2. The zero-order valence-corrected chi connectivity index (χ0v) is 17.5. The molecular weight excluding hydrogens is 418 g/mol. The molecule has 0 fully saturated rings. The molecule has 0 spiro atoms. The molecule has 6 heteroatoms. The zero-order valence-electron chi connectivity index (χ0n) is 16.0. The number of benzene rings is 3. The van der Waals surface area contributed by atoms with Crippen molar-refractivity contribution in [2.45, 2.75) is 6.92 Å². The Morgan fingerprint density at radius 3 is 2.50 bits per heavy atom. The third-order valence-corrected chi connectivity index (χ3v) is 6.08.